The van der Waals surface area contributed by atoms with Crippen LogP contribution in [0, 0.1) is 6.92 Å². The van der Waals surface area contributed by atoms with Gasteiger partial charge in [0.15, 0.2) is 0 Å². The van der Waals surface area contributed by atoms with Crippen LogP contribution in [0.5, 0.6) is 5.88 Å². The lowest BCUT2D eigenvalue weighted by molar-refractivity contribution is 0.102. The lowest BCUT2D eigenvalue weighted by atomic mass is 10.3. The molecule has 98 valence electrons. The number of anilines is 1. The number of carbonyl (C=O) groups excluding carboxylic acids is 1. The minimum atomic E-state index is -0.332. The Morgan fingerprint density at radius 1 is 1.32 bits per heavy atom. The quantitative estimate of drug-likeness (QED) is 0.937. The highest BCUT2D eigenvalue weighted by atomic mass is 79.9. The topological polar surface area (TPSA) is 77.0 Å². The van der Waals surface area contributed by atoms with E-state index in [1.165, 1.54) is 13.3 Å². The zero-order valence-corrected chi connectivity index (χ0v) is 11.9. The number of hydrogen-bond donors (Lipinski definition) is 1. The third-order valence-electron chi connectivity index (χ3n) is 2.23. The third-order valence-corrected chi connectivity index (χ3v) is 2.67. The number of halogens is 1. The number of hydrogen-bond acceptors (Lipinski definition) is 5. The second-order valence-corrected chi connectivity index (χ2v) is 4.64. The van der Waals surface area contributed by atoms with E-state index in [0.29, 0.717) is 17.1 Å². The van der Waals surface area contributed by atoms with Gasteiger partial charge in [-0.1, -0.05) is 0 Å². The van der Waals surface area contributed by atoms with Crippen molar-refractivity contribution in [3.05, 3.63) is 40.3 Å². The van der Waals surface area contributed by atoms with Crippen LogP contribution >= 0.6 is 15.9 Å². The summed E-state index contributed by atoms with van der Waals surface area (Å²) in [7, 11) is 1.51. The van der Waals surface area contributed by atoms with Crippen LogP contribution in [0.2, 0.25) is 0 Å². The van der Waals surface area contributed by atoms with Crippen molar-refractivity contribution in [2.45, 2.75) is 6.92 Å². The molecular weight excluding hydrogens is 312 g/mol. The molecule has 0 saturated carbocycles. The first kappa shape index (κ1) is 13.4. The second kappa shape index (κ2) is 5.75. The normalized spacial score (nSPS) is 10.1. The SMILES string of the molecule is COc1cc(C)nc(NC(=O)c2cncc(Br)c2)n1. The van der Waals surface area contributed by atoms with Crippen molar-refractivity contribution in [2.75, 3.05) is 12.4 Å². The number of carbonyl (C=O) groups is 1. The molecule has 0 aliphatic carbocycles. The Morgan fingerprint density at radius 3 is 2.79 bits per heavy atom. The summed E-state index contributed by atoms with van der Waals surface area (Å²) in [5, 5.41) is 2.60. The van der Waals surface area contributed by atoms with E-state index < -0.39 is 0 Å². The molecule has 0 spiro atoms. The molecule has 2 aromatic rings. The third kappa shape index (κ3) is 3.47. The minimum absolute atomic E-state index is 0.196. The molecule has 7 heteroatoms. The highest BCUT2D eigenvalue weighted by Gasteiger charge is 2.10. The summed E-state index contributed by atoms with van der Waals surface area (Å²) in [6, 6.07) is 3.34. The van der Waals surface area contributed by atoms with Crippen LogP contribution in [0.1, 0.15) is 16.1 Å². The molecule has 0 radical (unpaired) electrons. The molecule has 0 bridgehead atoms. The van der Waals surface area contributed by atoms with Crippen LogP contribution in [0.3, 0.4) is 0 Å². The summed E-state index contributed by atoms with van der Waals surface area (Å²) in [5.41, 5.74) is 1.12. The molecule has 0 atom stereocenters. The molecule has 0 aliphatic heterocycles. The standard InChI is InChI=1S/C12H11BrN4O2/c1-7-3-10(19-2)16-12(15-7)17-11(18)8-4-9(13)6-14-5-8/h3-6H,1-2H3,(H,15,16,17,18). The predicted molar refractivity (Wildman–Crippen MR) is 73.2 cm³/mol. The van der Waals surface area contributed by atoms with Gasteiger partial charge in [0.1, 0.15) is 0 Å². The van der Waals surface area contributed by atoms with E-state index in [-0.39, 0.29) is 11.9 Å². The zero-order chi connectivity index (χ0) is 13.8. The summed E-state index contributed by atoms with van der Waals surface area (Å²) < 4.78 is 5.74. The van der Waals surface area contributed by atoms with Gasteiger partial charge in [-0.05, 0) is 28.9 Å². The van der Waals surface area contributed by atoms with Crippen LogP contribution in [-0.2, 0) is 0 Å². The first-order chi connectivity index (χ1) is 9.08. The van der Waals surface area contributed by atoms with E-state index in [2.05, 4.69) is 36.2 Å². The molecule has 0 saturated heterocycles. The molecule has 0 unspecified atom stereocenters. The van der Waals surface area contributed by atoms with Gasteiger partial charge in [0.25, 0.3) is 5.91 Å². The highest BCUT2D eigenvalue weighted by molar-refractivity contribution is 9.10. The van der Waals surface area contributed by atoms with Gasteiger partial charge in [-0.3, -0.25) is 15.1 Å². The molecule has 0 fully saturated rings. The molecule has 6 nitrogen and oxygen atoms in total. The van der Waals surface area contributed by atoms with E-state index >= 15 is 0 Å². The summed E-state index contributed by atoms with van der Waals surface area (Å²) >= 11 is 3.26. The number of aromatic nitrogens is 3. The minimum Gasteiger partial charge on any atom is -0.481 e. The number of nitrogens with zero attached hydrogens (tertiary/aromatic N) is 3. The van der Waals surface area contributed by atoms with Crippen molar-refractivity contribution >= 4 is 27.8 Å². The van der Waals surface area contributed by atoms with Crippen molar-refractivity contribution in [1.82, 2.24) is 15.0 Å². The van der Waals surface area contributed by atoms with Crippen LogP contribution in [0.15, 0.2) is 29.0 Å². The van der Waals surface area contributed by atoms with Crippen LogP contribution < -0.4 is 10.1 Å². The molecular formula is C12H11BrN4O2. The zero-order valence-electron chi connectivity index (χ0n) is 10.3. The number of amides is 1. The molecule has 2 aromatic heterocycles. The average Bonchev–Trinajstić information content (AvgIpc) is 2.38. The van der Waals surface area contributed by atoms with E-state index in [4.69, 9.17) is 4.74 Å². The van der Waals surface area contributed by atoms with E-state index in [1.807, 2.05) is 0 Å². The number of pyridine rings is 1. The maximum Gasteiger partial charge on any atom is 0.259 e. The Hall–Kier alpha value is -2.02. The maximum atomic E-state index is 12.0. The second-order valence-electron chi connectivity index (χ2n) is 3.72. The van der Waals surface area contributed by atoms with E-state index in [9.17, 15) is 4.79 Å². The molecule has 1 amide bonds. The molecule has 1 N–H and O–H groups in total. The summed E-state index contributed by atoms with van der Waals surface area (Å²) in [4.78, 5) is 24.1. The van der Waals surface area contributed by atoms with Crippen molar-refractivity contribution < 1.29 is 9.53 Å². The Balaban J connectivity index is 2.21. The number of ether oxygens (including phenoxy) is 1. The lowest BCUT2D eigenvalue weighted by Crippen LogP contribution is -2.15. The van der Waals surface area contributed by atoms with Gasteiger partial charge in [-0.2, -0.15) is 4.98 Å². The van der Waals surface area contributed by atoms with Gasteiger partial charge in [0.2, 0.25) is 11.8 Å². The lowest BCUT2D eigenvalue weighted by Gasteiger charge is -2.06. The van der Waals surface area contributed by atoms with Gasteiger partial charge in [-0.15, -0.1) is 0 Å². The van der Waals surface area contributed by atoms with Crippen LogP contribution in [0.4, 0.5) is 5.95 Å². The fraction of sp³-hybridized carbons (Fsp3) is 0.167. The molecule has 0 aromatic carbocycles. The average molecular weight is 323 g/mol. The molecule has 2 rings (SSSR count). The van der Waals surface area contributed by atoms with Crippen molar-refractivity contribution in [3.63, 3.8) is 0 Å². The highest BCUT2D eigenvalue weighted by Crippen LogP contribution is 2.13. The Morgan fingerprint density at radius 2 is 2.11 bits per heavy atom. The van der Waals surface area contributed by atoms with Crippen molar-refractivity contribution in [3.8, 4) is 5.88 Å². The number of aryl methyl sites for hydroxylation is 1. The van der Waals surface area contributed by atoms with Crippen molar-refractivity contribution in [1.29, 1.82) is 0 Å². The summed E-state index contributed by atoms with van der Waals surface area (Å²) in [6.07, 6.45) is 3.07. The molecule has 19 heavy (non-hydrogen) atoms. The van der Waals surface area contributed by atoms with Gasteiger partial charge < -0.3 is 4.74 Å². The molecule has 0 aliphatic rings. The first-order valence-electron chi connectivity index (χ1n) is 5.40. The first-order valence-corrected chi connectivity index (χ1v) is 6.19. The van der Waals surface area contributed by atoms with Gasteiger partial charge in [-0.25, -0.2) is 4.98 Å². The Bertz CT molecular complexity index is 618. The maximum absolute atomic E-state index is 12.0. The van der Waals surface area contributed by atoms with Gasteiger partial charge >= 0.3 is 0 Å². The van der Waals surface area contributed by atoms with Crippen LogP contribution in [-0.4, -0.2) is 28.0 Å². The van der Waals surface area contributed by atoms with Gasteiger partial charge in [0, 0.05) is 28.6 Å². The smallest absolute Gasteiger partial charge is 0.259 e. The van der Waals surface area contributed by atoms with Crippen LogP contribution in [0.25, 0.3) is 0 Å². The van der Waals surface area contributed by atoms with Gasteiger partial charge in [0.05, 0.1) is 12.7 Å². The number of methoxy groups -OCH3 is 1. The fourth-order valence-electron chi connectivity index (χ4n) is 1.41. The van der Waals surface area contributed by atoms with Crippen molar-refractivity contribution in [2.24, 2.45) is 0 Å². The summed E-state index contributed by atoms with van der Waals surface area (Å²) in [5.74, 6) is 0.262. The number of rotatable bonds is 3. The predicted octanol–water partition coefficient (Wildman–Crippen LogP) is 2.20. The fourth-order valence-corrected chi connectivity index (χ4v) is 1.77. The largest absolute Gasteiger partial charge is 0.481 e. The van der Waals surface area contributed by atoms with E-state index in [0.717, 1.165) is 4.47 Å². The Labute approximate surface area is 118 Å². The molecule has 2 heterocycles. The number of nitrogens with one attached hydrogen (secondary N) is 1. The summed E-state index contributed by atoms with van der Waals surface area (Å²) in [6.45, 7) is 1.79. The monoisotopic (exact) mass is 322 g/mol. The Kier molecular flexibility index (Phi) is 4.06. The van der Waals surface area contributed by atoms with E-state index in [1.54, 1.807) is 25.3 Å².